The lowest BCUT2D eigenvalue weighted by Crippen LogP contribution is -2.22. The largest absolute Gasteiger partial charge is 0.506 e. The first-order valence-electron chi connectivity index (χ1n) is 4.44. The number of carbonyl (C=O) groups is 1. The van der Waals surface area contributed by atoms with Gasteiger partial charge < -0.3 is 15.2 Å². The number of hydrogen-bond acceptors (Lipinski definition) is 3. The first-order chi connectivity index (χ1) is 6.68. The minimum Gasteiger partial charge on any atom is -0.506 e. The van der Waals surface area contributed by atoms with Gasteiger partial charge in [0.15, 0.2) is 0 Å². The molecule has 74 valence electrons. The number of rotatable bonds is 0. The zero-order valence-electron chi connectivity index (χ0n) is 7.78. The molecule has 1 aliphatic heterocycles. The maximum Gasteiger partial charge on any atom is 0.230 e. The number of hydrogen-bond donors (Lipinski definition) is 2. The third-order valence-corrected chi connectivity index (χ3v) is 2.19. The lowest BCUT2D eigenvalue weighted by molar-refractivity contribution is -0.119. The van der Waals surface area contributed by atoms with Crippen molar-refractivity contribution >= 4 is 11.6 Å². The van der Waals surface area contributed by atoms with Crippen molar-refractivity contribution in [3.63, 3.8) is 0 Å². The van der Waals surface area contributed by atoms with E-state index in [1.54, 1.807) is 19.1 Å². The van der Waals surface area contributed by atoms with E-state index in [1.165, 1.54) is 6.07 Å². The molecule has 1 amide bonds. The smallest absolute Gasteiger partial charge is 0.230 e. The molecule has 2 N–H and O–H groups in total. The molecule has 0 radical (unpaired) electrons. The first kappa shape index (κ1) is 8.87. The normalized spacial score (nSPS) is 20.4. The lowest BCUT2D eigenvalue weighted by atomic mass is 10.2. The van der Waals surface area contributed by atoms with Gasteiger partial charge in [-0.25, -0.2) is 0 Å². The van der Waals surface area contributed by atoms with Gasteiger partial charge in [0.05, 0.1) is 12.5 Å². The number of phenolic OH excluding ortho intramolecular Hbond substituents is 1. The van der Waals surface area contributed by atoms with Crippen molar-refractivity contribution in [3.05, 3.63) is 18.2 Å². The second-order valence-corrected chi connectivity index (χ2v) is 3.35. The van der Waals surface area contributed by atoms with Gasteiger partial charge in [-0.05, 0) is 12.1 Å². The molecule has 0 saturated carbocycles. The molecule has 14 heavy (non-hydrogen) atoms. The van der Waals surface area contributed by atoms with Crippen LogP contribution in [0.25, 0.3) is 0 Å². The summed E-state index contributed by atoms with van der Waals surface area (Å²) in [5, 5.41) is 12.1. The maximum absolute atomic E-state index is 11.4. The number of para-hydroxylation sites is 1. The van der Waals surface area contributed by atoms with Gasteiger partial charge in [0.25, 0.3) is 0 Å². The predicted molar refractivity (Wildman–Crippen MR) is 51.4 cm³/mol. The van der Waals surface area contributed by atoms with Crippen LogP contribution in [0.1, 0.15) is 6.92 Å². The van der Waals surface area contributed by atoms with Crippen molar-refractivity contribution in [2.45, 2.75) is 6.92 Å². The molecule has 0 aliphatic carbocycles. The Kier molecular flexibility index (Phi) is 2.04. The zero-order valence-corrected chi connectivity index (χ0v) is 7.78. The minimum atomic E-state index is -0.207. The highest BCUT2D eigenvalue weighted by molar-refractivity contribution is 5.96. The van der Waals surface area contributed by atoms with Gasteiger partial charge in [-0.15, -0.1) is 0 Å². The van der Waals surface area contributed by atoms with E-state index < -0.39 is 0 Å². The van der Waals surface area contributed by atoms with Crippen LogP contribution >= 0.6 is 0 Å². The summed E-state index contributed by atoms with van der Waals surface area (Å²) in [5.74, 6) is 0.208. The topological polar surface area (TPSA) is 58.6 Å². The van der Waals surface area contributed by atoms with E-state index in [9.17, 15) is 9.90 Å². The number of fused-ring (bicyclic) bond motifs is 1. The summed E-state index contributed by atoms with van der Waals surface area (Å²) in [4.78, 5) is 11.4. The molecule has 0 saturated heterocycles. The molecular formula is C10H11NO3. The Balaban J connectivity index is 2.43. The number of benzene rings is 1. The Morgan fingerprint density at radius 3 is 3.14 bits per heavy atom. The van der Waals surface area contributed by atoms with E-state index in [1.807, 2.05) is 0 Å². The van der Waals surface area contributed by atoms with Crippen molar-refractivity contribution in [1.82, 2.24) is 0 Å². The Bertz CT molecular complexity index is 376. The molecule has 1 heterocycles. The quantitative estimate of drug-likeness (QED) is 0.611. The summed E-state index contributed by atoms with van der Waals surface area (Å²) in [5.41, 5.74) is 0.363. The number of nitrogens with one attached hydrogen (secondary N) is 1. The third kappa shape index (κ3) is 1.39. The van der Waals surface area contributed by atoms with Crippen LogP contribution in [-0.2, 0) is 4.79 Å². The van der Waals surface area contributed by atoms with E-state index >= 15 is 0 Å². The van der Waals surface area contributed by atoms with Crippen molar-refractivity contribution in [3.8, 4) is 11.5 Å². The van der Waals surface area contributed by atoms with E-state index in [0.29, 0.717) is 18.0 Å². The predicted octanol–water partition coefficient (Wildman–Crippen LogP) is 1.36. The third-order valence-electron chi connectivity index (χ3n) is 2.19. The molecule has 0 aromatic heterocycles. The van der Waals surface area contributed by atoms with E-state index in [-0.39, 0.29) is 17.6 Å². The Labute approximate surface area is 81.5 Å². The molecule has 0 fully saturated rings. The lowest BCUT2D eigenvalue weighted by Gasteiger charge is -2.07. The summed E-state index contributed by atoms with van der Waals surface area (Å²) in [6.07, 6.45) is 0. The summed E-state index contributed by atoms with van der Waals surface area (Å²) in [6.45, 7) is 2.11. The monoisotopic (exact) mass is 193 g/mol. The summed E-state index contributed by atoms with van der Waals surface area (Å²) >= 11 is 0. The summed E-state index contributed by atoms with van der Waals surface area (Å²) in [7, 11) is 0. The van der Waals surface area contributed by atoms with Gasteiger partial charge in [-0.3, -0.25) is 4.79 Å². The molecule has 1 aromatic carbocycles. The van der Waals surface area contributed by atoms with Gasteiger partial charge >= 0.3 is 0 Å². The van der Waals surface area contributed by atoms with E-state index in [0.717, 1.165) is 0 Å². The second-order valence-electron chi connectivity index (χ2n) is 3.35. The fourth-order valence-electron chi connectivity index (χ4n) is 1.30. The highest BCUT2D eigenvalue weighted by Crippen LogP contribution is 2.35. The van der Waals surface area contributed by atoms with Crippen LogP contribution < -0.4 is 10.1 Å². The van der Waals surface area contributed by atoms with Crippen LogP contribution in [0.15, 0.2) is 18.2 Å². The van der Waals surface area contributed by atoms with Gasteiger partial charge in [0.2, 0.25) is 5.91 Å². The highest BCUT2D eigenvalue weighted by Gasteiger charge is 2.22. The summed E-state index contributed by atoms with van der Waals surface area (Å²) < 4.78 is 5.37. The maximum atomic E-state index is 11.4. The average Bonchev–Trinajstić information content (AvgIpc) is 2.30. The average molecular weight is 193 g/mol. The van der Waals surface area contributed by atoms with Gasteiger partial charge in [-0.1, -0.05) is 13.0 Å². The number of anilines is 1. The number of phenols is 1. The number of aromatic hydroxyl groups is 1. The van der Waals surface area contributed by atoms with Crippen LogP contribution in [0.2, 0.25) is 0 Å². The second kappa shape index (κ2) is 3.21. The number of carbonyl (C=O) groups excluding carboxylic acids is 1. The molecule has 0 bridgehead atoms. The van der Waals surface area contributed by atoms with Gasteiger partial charge in [0, 0.05) is 0 Å². The minimum absolute atomic E-state index is 0.0324. The molecular weight excluding hydrogens is 182 g/mol. The molecule has 0 spiro atoms. The van der Waals surface area contributed by atoms with Crippen LogP contribution in [0.3, 0.4) is 0 Å². The zero-order chi connectivity index (χ0) is 10.1. The molecule has 4 heteroatoms. The highest BCUT2D eigenvalue weighted by atomic mass is 16.5. The van der Waals surface area contributed by atoms with Crippen LogP contribution in [-0.4, -0.2) is 17.6 Å². The van der Waals surface area contributed by atoms with Crippen molar-refractivity contribution in [2.75, 3.05) is 11.9 Å². The Morgan fingerprint density at radius 2 is 2.36 bits per heavy atom. The molecule has 2 rings (SSSR count). The van der Waals surface area contributed by atoms with Gasteiger partial charge in [-0.2, -0.15) is 0 Å². The molecule has 1 aromatic rings. The fraction of sp³-hybridized carbons (Fsp3) is 0.300. The van der Waals surface area contributed by atoms with E-state index in [4.69, 9.17) is 4.74 Å². The standard InChI is InChI=1S/C10H11NO3/c1-6-5-14-8-4-2-3-7(12)9(8)11-10(6)13/h2-4,6,12H,5H2,1H3,(H,11,13). The van der Waals surface area contributed by atoms with Crippen LogP contribution in [0, 0.1) is 5.92 Å². The number of ether oxygens (including phenoxy) is 1. The number of amides is 1. The van der Waals surface area contributed by atoms with Crippen molar-refractivity contribution in [1.29, 1.82) is 0 Å². The Hall–Kier alpha value is -1.71. The molecule has 4 nitrogen and oxygen atoms in total. The van der Waals surface area contributed by atoms with E-state index in [2.05, 4.69) is 5.32 Å². The SMILES string of the molecule is CC1COc2cccc(O)c2NC1=O. The summed E-state index contributed by atoms with van der Waals surface area (Å²) in [6, 6.07) is 4.90. The van der Waals surface area contributed by atoms with Crippen molar-refractivity contribution < 1.29 is 14.6 Å². The molecule has 1 aliphatic rings. The first-order valence-corrected chi connectivity index (χ1v) is 4.44. The molecule has 1 atom stereocenters. The molecule has 1 unspecified atom stereocenters. The fourth-order valence-corrected chi connectivity index (χ4v) is 1.30. The van der Waals surface area contributed by atoms with Crippen LogP contribution in [0.5, 0.6) is 11.5 Å². The van der Waals surface area contributed by atoms with Crippen molar-refractivity contribution in [2.24, 2.45) is 5.92 Å². The van der Waals surface area contributed by atoms with Crippen LogP contribution in [0.4, 0.5) is 5.69 Å². The Morgan fingerprint density at radius 1 is 1.57 bits per heavy atom. The van der Waals surface area contributed by atoms with Gasteiger partial charge in [0.1, 0.15) is 17.2 Å².